The molecule has 0 saturated heterocycles. The highest BCUT2D eigenvalue weighted by Crippen LogP contribution is 2.29. The van der Waals surface area contributed by atoms with E-state index in [-0.39, 0.29) is 22.6 Å². The van der Waals surface area contributed by atoms with E-state index in [2.05, 4.69) is 0 Å². The number of para-hydroxylation sites is 1. The highest BCUT2D eigenvalue weighted by Gasteiger charge is 2.15. The van der Waals surface area contributed by atoms with Gasteiger partial charge in [0.1, 0.15) is 17.1 Å². The van der Waals surface area contributed by atoms with Crippen LogP contribution in [0.1, 0.15) is 20.7 Å². The van der Waals surface area contributed by atoms with Gasteiger partial charge in [0.25, 0.3) is 5.91 Å². The zero-order valence-electron chi connectivity index (χ0n) is 10.4. The van der Waals surface area contributed by atoms with Crippen LogP contribution in [0, 0.1) is 0 Å². The van der Waals surface area contributed by atoms with E-state index in [0.29, 0.717) is 5.69 Å². The summed E-state index contributed by atoms with van der Waals surface area (Å²) in [6.07, 6.45) is 0. The number of hydrogen-bond donors (Lipinski definition) is 3. The summed E-state index contributed by atoms with van der Waals surface area (Å²) in [6, 6.07) is 10.5. The Labute approximate surface area is 114 Å². The van der Waals surface area contributed by atoms with Gasteiger partial charge in [0.2, 0.25) is 0 Å². The standard InChI is InChI=1S/C14H12N2O4/c15-8-5-6-12(10(7-8)14(18)19)20-11-4-2-1-3-9(11)13(16)17/h1-7H,15H2,(H2,16,17)(H,18,19). The molecule has 0 spiro atoms. The molecule has 2 aromatic carbocycles. The number of rotatable bonds is 4. The molecule has 0 bridgehead atoms. The summed E-state index contributed by atoms with van der Waals surface area (Å²) in [5.41, 5.74) is 11.2. The summed E-state index contributed by atoms with van der Waals surface area (Å²) >= 11 is 0. The number of ether oxygens (including phenoxy) is 1. The van der Waals surface area contributed by atoms with Crippen molar-refractivity contribution in [2.24, 2.45) is 5.73 Å². The third-order valence-corrected chi connectivity index (χ3v) is 2.61. The molecule has 2 rings (SSSR count). The van der Waals surface area contributed by atoms with E-state index in [1.165, 1.54) is 30.3 Å². The van der Waals surface area contributed by atoms with Gasteiger partial charge in [-0.25, -0.2) is 4.79 Å². The average Bonchev–Trinajstić information content (AvgIpc) is 2.41. The Bertz CT molecular complexity index is 683. The number of benzene rings is 2. The van der Waals surface area contributed by atoms with Crippen molar-refractivity contribution in [3.05, 3.63) is 53.6 Å². The fourth-order valence-electron chi connectivity index (χ4n) is 1.68. The lowest BCUT2D eigenvalue weighted by molar-refractivity contribution is 0.0694. The van der Waals surface area contributed by atoms with Gasteiger partial charge in [0.05, 0.1) is 5.56 Å². The third kappa shape index (κ3) is 2.69. The molecule has 2 aromatic rings. The topological polar surface area (TPSA) is 116 Å². The van der Waals surface area contributed by atoms with Gasteiger partial charge in [-0.3, -0.25) is 4.79 Å². The van der Waals surface area contributed by atoms with Crippen LogP contribution in [0.15, 0.2) is 42.5 Å². The van der Waals surface area contributed by atoms with Crippen LogP contribution in [0.4, 0.5) is 5.69 Å². The van der Waals surface area contributed by atoms with Crippen molar-refractivity contribution < 1.29 is 19.4 Å². The maximum absolute atomic E-state index is 11.3. The summed E-state index contributed by atoms with van der Waals surface area (Å²) in [5.74, 6) is -1.57. The predicted octanol–water partition coefficient (Wildman–Crippen LogP) is 1.86. The van der Waals surface area contributed by atoms with E-state index in [1.54, 1.807) is 12.1 Å². The zero-order chi connectivity index (χ0) is 14.7. The first kappa shape index (κ1) is 13.4. The van der Waals surface area contributed by atoms with E-state index in [0.717, 1.165) is 0 Å². The van der Waals surface area contributed by atoms with Crippen molar-refractivity contribution >= 4 is 17.6 Å². The van der Waals surface area contributed by atoms with E-state index in [1.807, 2.05) is 0 Å². The number of carboxylic acid groups (broad SMARTS) is 1. The second-order valence-electron chi connectivity index (χ2n) is 4.02. The molecule has 0 aliphatic rings. The zero-order valence-corrected chi connectivity index (χ0v) is 10.4. The molecule has 0 atom stereocenters. The molecule has 0 saturated carbocycles. The van der Waals surface area contributed by atoms with E-state index >= 15 is 0 Å². The third-order valence-electron chi connectivity index (χ3n) is 2.61. The lowest BCUT2D eigenvalue weighted by Crippen LogP contribution is -2.12. The smallest absolute Gasteiger partial charge is 0.339 e. The minimum Gasteiger partial charge on any atom is -0.478 e. The molecule has 6 nitrogen and oxygen atoms in total. The maximum Gasteiger partial charge on any atom is 0.339 e. The van der Waals surface area contributed by atoms with Crippen LogP contribution in [0.25, 0.3) is 0 Å². The van der Waals surface area contributed by atoms with Gasteiger partial charge in [-0.15, -0.1) is 0 Å². The first-order valence-corrected chi connectivity index (χ1v) is 5.68. The maximum atomic E-state index is 11.3. The minimum absolute atomic E-state index is 0.0837. The molecule has 20 heavy (non-hydrogen) atoms. The Morgan fingerprint density at radius 2 is 1.65 bits per heavy atom. The van der Waals surface area contributed by atoms with Gasteiger partial charge < -0.3 is 21.3 Å². The van der Waals surface area contributed by atoms with Crippen LogP contribution >= 0.6 is 0 Å². The van der Waals surface area contributed by atoms with Crippen molar-refractivity contribution in [1.82, 2.24) is 0 Å². The lowest BCUT2D eigenvalue weighted by Gasteiger charge is -2.11. The van der Waals surface area contributed by atoms with Gasteiger partial charge in [0.15, 0.2) is 0 Å². The minimum atomic E-state index is -1.18. The number of aromatic carboxylic acids is 1. The van der Waals surface area contributed by atoms with E-state index < -0.39 is 11.9 Å². The van der Waals surface area contributed by atoms with Crippen molar-refractivity contribution in [3.63, 3.8) is 0 Å². The van der Waals surface area contributed by atoms with E-state index in [9.17, 15) is 9.59 Å². The molecule has 0 unspecified atom stereocenters. The second-order valence-corrected chi connectivity index (χ2v) is 4.02. The van der Waals surface area contributed by atoms with Gasteiger partial charge in [0, 0.05) is 5.69 Å². The molecular weight excluding hydrogens is 260 g/mol. The number of hydrogen-bond acceptors (Lipinski definition) is 4. The van der Waals surface area contributed by atoms with E-state index in [4.69, 9.17) is 21.3 Å². The summed E-state index contributed by atoms with van der Waals surface area (Å²) in [6.45, 7) is 0. The van der Waals surface area contributed by atoms with Gasteiger partial charge >= 0.3 is 5.97 Å². The molecule has 0 fully saturated rings. The summed E-state index contributed by atoms with van der Waals surface area (Å²) < 4.78 is 5.48. The molecule has 0 heterocycles. The quantitative estimate of drug-likeness (QED) is 0.734. The molecular formula is C14H12N2O4. The first-order valence-electron chi connectivity index (χ1n) is 5.68. The fraction of sp³-hybridized carbons (Fsp3) is 0. The largest absolute Gasteiger partial charge is 0.478 e. The molecule has 0 aliphatic carbocycles. The summed E-state index contributed by atoms with van der Waals surface area (Å²) in [5, 5.41) is 9.12. The molecule has 0 aliphatic heterocycles. The molecule has 6 heteroatoms. The van der Waals surface area contributed by atoms with Crippen molar-refractivity contribution in [2.45, 2.75) is 0 Å². The van der Waals surface area contributed by atoms with Crippen molar-refractivity contribution in [3.8, 4) is 11.5 Å². The normalized spacial score (nSPS) is 10.0. The van der Waals surface area contributed by atoms with Crippen molar-refractivity contribution in [1.29, 1.82) is 0 Å². The van der Waals surface area contributed by atoms with Crippen LogP contribution in [0.2, 0.25) is 0 Å². The van der Waals surface area contributed by atoms with Crippen LogP contribution in [-0.2, 0) is 0 Å². The molecule has 0 radical (unpaired) electrons. The number of carbonyl (C=O) groups excluding carboxylic acids is 1. The highest BCUT2D eigenvalue weighted by molar-refractivity contribution is 5.96. The number of nitrogen functional groups attached to an aromatic ring is 1. The first-order chi connectivity index (χ1) is 9.49. The van der Waals surface area contributed by atoms with Gasteiger partial charge in [-0.05, 0) is 30.3 Å². The van der Waals surface area contributed by atoms with Gasteiger partial charge in [-0.2, -0.15) is 0 Å². The molecule has 1 amide bonds. The summed E-state index contributed by atoms with van der Waals surface area (Å²) in [7, 11) is 0. The van der Waals surface area contributed by atoms with Crippen LogP contribution in [0.5, 0.6) is 11.5 Å². The van der Waals surface area contributed by atoms with Crippen LogP contribution in [-0.4, -0.2) is 17.0 Å². The van der Waals surface area contributed by atoms with Crippen LogP contribution < -0.4 is 16.2 Å². The Morgan fingerprint density at radius 1 is 1.00 bits per heavy atom. The average molecular weight is 272 g/mol. The monoisotopic (exact) mass is 272 g/mol. The lowest BCUT2D eigenvalue weighted by atomic mass is 10.1. The number of carboxylic acids is 1. The molecule has 102 valence electrons. The second kappa shape index (κ2) is 5.31. The Kier molecular flexibility index (Phi) is 3.56. The Morgan fingerprint density at radius 3 is 2.30 bits per heavy atom. The predicted molar refractivity (Wildman–Crippen MR) is 72.8 cm³/mol. The number of nitrogens with two attached hydrogens (primary N) is 2. The number of anilines is 1. The SMILES string of the molecule is NC(=O)c1ccccc1Oc1ccc(N)cc1C(=O)O. The van der Waals surface area contributed by atoms with Gasteiger partial charge in [-0.1, -0.05) is 12.1 Å². The Hall–Kier alpha value is -3.02. The summed E-state index contributed by atoms with van der Waals surface area (Å²) in [4.78, 5) is 22.4. The molecule has 0 aromatic heterocycles. The number of amides is 1. The number of primary amides is 1. The number of carbonyl (C=O) groups is 2. The van der Waals surface area contributed by atoms with Crippen LogP contribution in [0.3, 0.4) is 0 Å². The Balaban J connectivity index is 2.45. The highest BCUT2D eigenvalue weighted by atomic mass is 16.5. The molecule has 5 N–H and O–H groups in total. The fourth-order valence-corrected chi connectivity index (χ4v) is 1.68. The van der Waals surface area contributed by atoms with Crippen molar-refractivity contribution in [2.75, 3.05) is 5.73 Å².